The predicted octanol–water partition coefficient (Wildman–Crippen LogP) is 6.74. The van der Waals surface area contributed by atoms with Gasteiger partial charge < -0.3 is 10.6 Å². The van der Waals surface area contributed by atoms with E-state index < -0.39 is 0 Å². The van der Waals surface area contributed by atoms with Gasteiger partial charge in [-0.3, -0.25) is 14.4 Å². The molecule has 39 heavy (non-hydrogen) atoms. The SMILES string of the molecule is Cc1ccc(CC(=O)Nc2ccc(NC(=O)Cc3ccc4ccccc4c3)cc2C(=O)c2ccccc2)cc1. The van der Waals surface area contributed by atoms with Crippen LogP contribution in [0.15, 0.2) is 115 Å². The maximum atomic E-state index is 13.4. The lowest BCUT2D eigenvalue weighted by molar-refractivity contribution is -0.116. The van der Waals surface area contributed by atoms with Gasteiger partial charge in [-0.2, -0.15) is 0 Å². The molecule has 5 heteroatoms. The van der Waals surface area contributed by atoms with Crippen molar-refractivity contribution in [3.8, 4) is 0 Å². The number of hydrogen-bond acceptors (Lipinski definition) is 3. The molecular weight excluding hydrogens is 484 g/mol. The Morgan fingerprint density at radius 2 is 1.23 bits per heavy atom. The number of carbonyl (C=O) groups excluding carboxylic acids is 3. The molecule has 0 aliphatic rings. The van der Waals surface area contributed by atoms with Gasteiger partial charge >= 0.3 is 0 Å². The van der Waals surface area contributed by atoms with Crippen molar-refractivity contribution in [3.63, 3.8) is 0 Å². The summed E-state index contributed by atoms with van der Waals surface area (Å²) in [5, 5.41) is 7.99. The lowest BCUT2D eigenvalue weighted by atomic mass is 10.0. The molecule has 5 aromatic carbocycles. The van der Waals surface area contributed by atoms with E-state index in [9.17, 15) is 14.4 Å². The minimum absolute atomic E-state index is 0.184. The van der Waals surface area contributed by atoms with Gasteiger partial charge in [-0.15, -0.1) is 0 Å². The zero-order valence-corrected chi connectivity index (χ0v) is 21.6. The van der Waals surface area contributed by atoms with E-state index in [4.69, 9.17) is 0 Å². The number of ketones is 1. The number of fused-ring (bicyclic) bond motifs is 1. The van der Waals surface area contributed by atoms with Gasteiger partial charge in [-0.1, -0.05) is 103 Å². The summed E-state index contributed by atoms with van der Waals surface area (Å²) in [7, 11) is 0. The van der Waals surface area contributed by atoms with Crippen LogP contribution in [-0.2, 0) is 22.4 Å². The molecule has 0 fully saturated rings. The van der Waals surface area contributed by atoms with Crippen LogP contribution in [0.3, 0.4) is 0 Å². The van der Waals surface area contributed by atoms with Gasteiger partial charge in [0.15, 0.2) is 5.78 Å². The van der Waals surface area contributed by atoms with E-state index in [0.29, 0.717) is 22.5 Å². The lowest BCUT2D eigenvalue weighted by Gasteiger charge is -2.14. The highest BCUT2D eigenvalue weighted by Gasteiger charge is 2.17. The third-order valence-corrected chi connectivity index (χ3v) is 6.52. The molecule has 0 saturated carbocycles. The maximum Gasteiger partial charge on any atom is 0.228 e. The Labute approximate surface area is 227 Å². The maximum absolute atomic E-state index is 13.4. The number of carbonyl (C=O) groups is 3. The molecular formula is C34H28N2O3. The molecule has 0 heterocycles. The van der Waals surface area contributed by atoms with Crippen molar-refractivity contribution in [1.82, 2.24) is 0 Å². The van der Waals surface area contributed by atoms with Gasteiger partial charge in [0.1, 0.15) is 0 Å². The number of anilines is 2. The smallest absolute Gasteiger partial charge is 0.228 e. The quantitative estimate of drug-likeness (QED) is 0.226. The fourth-order valence-electron chi connectivity index (χ4n) is 4.49. The molecule has 0 radical (unpaired) electrons. The monoisotopic (exact) mass is 512 g/mol. The van der Waals surface area contributed by atoms with Crippen molar-refractivity contribution in [2.75, 3.05) is 10.6 Å². The number of hydrogen-bond donors (Lipinski definition) is 2. The second kappa shape index (κ2) is 11.6. The summed E-state index contributed by atoms with van der Waals surface area (Å²) >= 11 is 0. The van der Waals surface area contributed by atoms with Crippen LogP contribution < -0.4 is 10.6 Å². The largest absolute Gasteiger partial charge is 0.326 e. The van der Waals surface area contributed by atoms with Gasteiger partial charge in [-0.05, 0) is 47.0 Å². The number of benzene rings is 5. The number of nitrogens with one attached hydrogen (secondary N) is 2. The molecule has 0 bridgehead atoms. The fourth-order valence-corrected chi connectivity index (χ4v) is 4.49. The Balaban J connectivity index is 1.36. The minimum Gasteiger partial charge on any atom is -0.326 e. The second-order valence-corrected chi connectivity index (χ2v) is 9.57. The molecule has 0 saturated heterocycles. The molecule has 2 N–H and O–H groups in total. The van der Waals surface area contributed by atoms with Gasteiger partial charge in [0.25, 0.3) is 0 Å². The Morgan fingerprint density at radius 3 is 2.00 bits per heavy atom. The van der Waals surface area contributed by atoms with Crippen molar-refractivity contribution >= 4 is 39.7 Å². The van der Waals surface area contributed by atoms with E-state index in [2.05, 4.69) is 10.6 Å². The first-order valence-electron chi connectivity index (χ1n) is 12.8. The molecule has 0 aliphatic carbocycles. The van der Waals surface area contributed by atoms with Crippen molar-refractivity contribution in [3.05, 3.63) is 143 Å². The summed E-state index contributed by atoms with van der Waals surface area (Å²) < 4.78 is 0. The first-order chi connectivity index (χ1) is 18.9. The molecule has 5 aromatic rings. The van der Waals surface area contributed by atoms with Gasteiger partial charge in [0.2, 0.25) is 11.8 Å². The fraction of sp³-hybridized carbons (Fsp3) is 0.0882. The molecule has 0 aromatic heterocycles. The summed E-state index contributed by atoms with van der Waals surface area (Å²) in [5.41, 5.74) is 4.57. The van der Waals surface area contributed by atoms with Crippen LogP contribution in [0.1, 0.15) is 32.6 Å². The molecule has 0 unspecified atom stereocenters. The third-order valence-electron chi connectivity index (χ3n) is 6.52. The predicted molar refractivity (Wildman–Crippen MR) is 156 cm³/mol. The van der Waals surface area contributed by atoms with Crippen LogP contribution in [0.2, 0.25) is 0 Å². The summed E-state index contributed by atoms with van der Waals surface area (Å²) in [6.45, 7) is 1.99. The van der Waals surface area contributed by atoms with E-state index in [1.165, 1.54) is 0 Å². The minimum atomic E-state index is -0.244. The van der Waals surface area contributed by atoms with Crippen molar-refractivity contribution < 1.29 is 14.4 Å². The summed E-state index contributed by atoms with van der Waals surface area (Å²) in [6, 6.07) is 35.6. The molecule has 5 rings (SSSR count). The number of rotatable bonds is 8. The van der Waals surface area contributed by atoms with Crippen molar-refractivity contribution in [2.45, 2.75) is 19.8 Å². The summed E-state index contributed by atoms with van der Waals surface area (Å²) in [5.74, 6) is -0.666. The van der Waals surface area contributed by atoms with Crippen molar-refractivity contribution in [1.29, 1.82) is 0 Å². The Bertz CT molecular complexity index is 1660. The van der Waals surface area contributed by atoms with Crippen LogP contribution in [-0.4, -0.2) is 17.6 Å². The standard InChI is InChI=1S/C34H28N2O3/c1-23-11-13-24(14-12-23)20-33(38)36-31-18-17-29(22-30(31)34(39)27-8-3-2-4-9-27)35-32(37)21-25-15-16-26-7-5-6-10-28(26)19-25/h2-19,22H,20-21H2,1H3,(H,35,37)(H,36,38). The Morgan fingerprint density at radius 1 is 0.590 bits per heavy atom. The van der Waals surface area contributed by atoms with Crippen LogP contribution in [0.25, 0.3) is 10.8 Å². The van der Waals surface area contributed by atoms with E-state index in [0.717, 1.165) is 27.5 Å². The first-order valence-corrected chi connectivity index (χ1v) is 12.8. The topological polar surface area (TPSA) is 75.3 Å². The van der Waals surface area contributed by atoms with Crippen LogP contribution in [0.5, 0.6) is 0 Å². The first kappa shape index (κ1) is 25.6. The highest BCUT2D eigenvalue weighted by Crippen LogP contribution is 2.25. The average Bonchev–Trinajstić information content (AvgIpc) is 2.95. The number of aryl methyl sites for hydroxylation is 1. The molecule has 0 aliphatic heterocycles. The van der Waals surface area contributed by atoms with Gasteiger partial charge in [-0.25, -0.2) is 0 Å². The Kier molecular flexibility index (Phi) is 7.60. The van der Waals surface area contributed by atoms with Crippen LogP contribution in [0.4, 0.5) is 11.4 Å². The number of amides is 2. The van der Waals surface area contributed by atoms with Gasteiger partial charge in [0.05, 0.1) is 18.5 Å². The zero-order chi connectivity index (χ0) is 27.2. The highest BCUT2D eigenvalue weighted by molar-refractivity contribution is 6.14. The summed E-state index contributed by atoms with van der Waals surface area (Å²) in [6.07, 6.45) is 0.380. The van der Waals surface area contributed by atoms with Gasteiger partial charge in [0, 0.05) is 16.8 Å². The van der Waals surface area contributed by atoms with E-state index in [-0.39, 0.29) is 30.4 Å². The lowest BCUT2D eigenvalue weighted by Crippen LogP contribution is -2.18. The van der Waals surface area contributed by atoms with E-state index >= 15 is 0 Å². The van der Waals surface area contributed by atoms with Crippen molar-refractivity contribution in [2.24, 2.45) is 0 Å². The van der Waals surface area contributed by atoms with Crippen LogP contribution >= 0.6 is 0 Å². The van der Waals surface area contributed by atoms with E-state index in [1.54, 1.807) is 42.5 Å². The second-order valence-electron chi connectivity index (χ2n) is 9.57. The molecule has 2 amide bonds. The molecule has 5 nitrogen and oxygen atoms in total. The molecule has 192 valence electrons. The molecule has 0 atom stereocenters. The van der Waals surface area contributed by atoms with E-state index in [1.807, 2.05) is 79.7 Å². The highest BCUT2D eigenvalue weighted by atomic mass is 16.2. The average molecular weight is 513 g/mol. The third kappa shape index (κ3) is 6.46. The normalized spacial score (nSPS) is 10.7. The summed E-state index contributed by atoms with van der Waals surface area (Å²) in [4.78, 5) is 39.2. The molecule has 0 spiro atoms. The van der Waals surface area contributed by atoms with Crippen LogP contribution in [0, 0.1) is 6.92 Å². The zero-order valence-electron chi connectivity index (χ0n) is 21.6. The Hall–Kier alpha value is -5.03.